The normalized spacial score (nSPS) is 25.9. The number of pyridine rings is 1. The molecule has 2 aliphatic heterocycles. The molecular weight excluding hydrogens is 316 g/mol. The molecule has 4 nitrogen and oxygen atoms in total. The number of nitrogens with zero attached hydrogens (tertiary/aromatic N) is 4. The van der Waals surface area contributed by atoms with E-state index in [0.717, 1.165) is 18.8 Å². The Morgan fingerprint density at radius 2 is 2.12 bits per heavy atom. The zero-order chi connectivity index (χ0) is 16.8. The molecule has 0 aromatic carbocycles. The lowest BCUT2D eigenvalue weighted by atomic mass is 9.96. The summed E-state index contributed by atoms with van der Waals surface area (Å²) in [6, 6.07) is 8.85. The van der Waals surface area contributed by atoms with Gasteiger partial charge in [0.05, 0.1) is 11.7 Å². The largest absolute Gasteiger partial charge is 0.349 e. The molecule has 2 aliphatic rings. The number of fused-ring (bicyclic) bond motifs is 1. The third kappa shape index (κ3) is 2.37. The SMILES string of the molecule is CCn1c(C)cc([C@@H]2[C@H](c3ccccn3)N=C3S[C@@H](C)CN32)c1C. The van der Waals surface area contributed by atoms with Crippen LogP contribution in [0.3, 0.4) is 0 Å². The van der Waals surface area contributed by atoms with Crippen molar-refractivity contribution in [2.45, 2.75) is 51.6 Å². The van der Waals surface area contributed by atoms with E-state index < -0.39 is 0 Å². The van der Waals surface area contributed by atoms with E-state index in [1.165, 1.54) is 22.1 Å². The van der Waals surface area contributed by atoms with E-state index in [-0.39, 0.29) is 12.1 Å². The first-order valence-corrected chi connectivity index (χ1v) is 9.56. The van der Waals surface area contributed by atoms with Gasteiger partial charge in [-0.3, -0.25) is 9.98 Å². The molecular formula is C19H24N4S. The van der Waals surface area contributed by atoms with Gasteiger partial charge in [-0.15, -0.1) is 0 Å². The lowest BCUT2D eigenvalue weighted by molar-refractivity contribution is 0.320. The topological polar surface area (TPSA) is 33.4 Å². The average molecular weight is 340 g/mol. The molecule has 126 valence electrons. The van der Waals surface area contributed by atoms with Crippen molar-refractivity contribution in [3.8, 4) is 0 Å². The van der Waals surface area contributed by atoms with E-state index in [9.17, 15) is 0 Å². The van der Waals surface area contributed by atoms with E-state index in [2.05, 4.69) is 60.3 Å². The fraction of sp³-hybridized carbons (Fsp3) is 0.474. The van der Waals surface area contributed by atoms with Crippen LogP contribution in [0.2, 0.25) is 0 Å². The van der Waals surface area contributed by atoms with Gasteiger partial charge in [0.1, 0.15) is 6.04 Å². The molecule has 2 aromatic rings. The molecule has 1 saturated heterocycles. The Kier molecular flexibility index (Phi) is 3.91. The van der Waals surface area contributed by atoms with Crippen molar-refractivity contribution in [1.29, 1.82) is 0 Å². The molecule has 3 atom stereocenters. The average Bonchev–Trinajstić information content (AvgIpc) is 3.18. The highest BCUT2D eigenvalue weighted by Crippen LogP contribution is 2.48. The van der Waals surface area contributed by atoms with Crippen molar-refractivity contribution >= 4 is 16.9 Å². The summed E-state index contributed by atoms with van der Waals surface area (Å²) >= 11 is 1.90. The molecule has 4 heterocycles. The molecule has 0 saturated carbocycles. The number of hydrogen-bond donors (Lipinski definition) is 0. The van der Waals surface area contributed by atoms with Crippen LogP contribution in [0.15, 0.2) is 35.5 Å². The Morgan fingerprint density at radius 3 is 2.79 bits per heavy atom. The summed E-state index contributed by atoms with van der Waals surface area (Å²) in [6.45, 7) is 11.0. The second-order valence-corrected chi connectivity index (χ2v) is 8.11. The summed E-state index contributed by atoms with van der Waals surface area (Å²) in [5.41, 5.74) is 5.16. The maximum absolute atomic E-state index is 5.07. The van der Waals surface area contributed by atoms with Gasteiger partial charge in [0.25, 0.3) is 0 Å². The van der Waals surface area contributed by atoms with E-state index >= 15 is 0 Å². The lowest BCUT2D eigenvalue weighted by Crippen LogP contribution is -2.28. The maximum atomic E-state index is 5.07. The molecule has 0 spiro atoms. The Morgan fingerprint density at radius 1 is 1.29 bits per heavy atom. The Labute approximate surface area is 148 Å². The van der Waals surface area contributed by atoms with E-state index in [1.54, 1.807) is 0 Å². The van der Waals surface area contributed by atoms with Gasteiger partial charge in [-0.1, -0.05) is 24.8 Å². The Balaban J connectivity index is 1.81. The van der Waals surface area contributed by atoms with Crippen LogP contribution >= 0.6 is 11.8 Å². The predicted molar refractivity (Wildman–Crippen MR) is 100 cm³/mol. The fourth-order valence-electron chi connectivity index (χ4n) is 4.07. The van der Waals surface area contributed by atoms with Crippen LogP contribution in [0.4, 0.5) is 0 Å². The van der Waals surface area contributed by atoms with E-state index in [0.29, 0.717) is 5.25 Å². The molecule has 0 amide bonds. The molecule has 4 rings (SSSR count). The minimum Gasteiger partial charge on any atom is -0.349 e. The van der Waals surface area contributed by atoms with Gasteiger partial charge < -0.3 is 9.47 Å². The molecule has 0 aliphatic carbocycles. The van der Waals surface area contributed by atoms with Crippen LogP contribution in [0, 0.1) is 13.8 Å². The van der Waals surface area contributed by atoms with Crippen molar-refractivity contribution in [3.63, 3.8) is 0 Å². The molecule has 0 radical (unpaired) electrons. The third-order valence-corrected chi connectivity index (χ3v) is 6.23. The zero-order valence-electron chi connectivity index (χ0n) is 14.7. The molecule has 0 bridgehead atoms. The quantitative estimate of drug-likeness (QED) is 0.843. The smallest absolute Gasteiger partial charge is 0.160 e. The highest BCUT2D eigenvalue weighted by atomic mass is 32.2. The number of aryl methyl sites for hydroxylation is 1. The Bertz CT molecular complexity index is 780. The number of thioether (sulfide) groups is 1. The highest BCUT2D eigenvalue weighted by molar-refractivity contribution is 8.14. The summed E-state index contributed by atoms with van der Waals surface area (Å²) in [7, 11) is 0. The number of amidine groups is 1. The van der Waals surface area contributed by atoms with Gasteiger partial charge in [0.2, 0.25) is 0 Å². The number of hydrogen-bond acceptors (Lipinski definition) is 4. The van der Waals surface area contributed by atoms with Gasteiger partial charge in [-0.25, -0.2) is 0 Å². The second-order valence-electron chi connectivity index (χ2n) is 6.71. The predicted octanol–water partition coefficient (Wildman–Crippen LogP) is 4.11. The van der Waals surface area contributed by atoms with Crippen molar-refractivity contribution < 1.29 is 0 Å². The number of aliphatic imine (C=N–C) groups is 1. The van der Waals surface area contributed by atoms with Crippen molar-refractivity contribution in [2.24, 2.45) is 4.99 Å². The molecule has 0 N–H and O–H groups in total. The molecule has 24 heavy (non-hydrogen) atoms. The van der Waals surface area contributed by atoms with Crippen LogP contribution < -0.4 is 0 Å². The first kappa shape index (κ1) is 15.8. The summed E-state index contributed by atoms with van der Waals surface area (Å²) in [4.78, 5) is 12.2. The monoisotopic (exact) mass is 340 g/mol. The van der Waals surface area contributed by atoms with E-state index in [1.807, 2.05) is 24.0 Å². The summed E-state index contributed by atoms with van der Waals surface area (Å²) in [5.74, 6) is 0. The van der Waals surface area contributed by atoms with Gasteiger partial charge in [0, 0.05) is 35.9 Å². The second kappa shape index (κ2) is 5.96. The van der Waals surface area contributed by atoms with Crippen molar-refractivity contribution in [3.05, 3.63) is 53.1 Å². The summed E-state index contributed by atoms with van der Waals surface area (Å²) < 4.78 is 2.40. The highest BCUT2D eigenvalue weighted by Gasteiger charge is 2.44. The molecule has 1 fully saturated rings. The standard InChI is InChI=1S/C19H24N4S/c1-5-22-12(2)10-15(14(22)4)18-17(16-8-6-7-9-20-16)21-19-23(18)11-13(3)24-19/h6-10,13,17-18H,5,11H2,1-4H3/t13-,17-,18+/m0/s1. The zero-order valence-corrected chi connectivity index (χ0v) is 15.5. The molecule has 0 unspecified atom stereocenters. The van der Waals surface area contributed by atoms with Crippen LogP contribution in [-0.4, -0.2) is 31.4 Å². The van der Waals surface area contributed by atoms with Crippen LogP contribution in [-0.2, 0) is 6.54 Å². The summed E-state index contributed by atoms with van der Waals surface area (Å²) in [6.07, 6.45) is 1.88. The third-order valence-electron chi connectivity index (χ3n) is 5.13. The fourth-order valence-corrected chi connectivity index (χ4v) is 5.16. The summed E-state index contributed by atoms with van der Waals surface area (Å²) in [5, 5.41) is 1.79. The van der Waals surface area contributed by atoms with Gasteiger partial charge in [-0.2, -0.15) is 0 Å². The van der Waals surface area contributed by atoms with Gasteiger partial charge in [0.15, 0.2) is 5.17 Å². The maximum Gasteiger partial charge on any atom is 0.160 e. The number of rotatable bonds is 3. The van der Waals surface area contributed by atoms with Crippen LogP contribution in [0.25, 0.3) is 0 Å². The van der Waals surface area contributed by atoms with Crippen molar-refractivity contribution in [2.75, 3.05) is 6.54 Å². The van der Waals surface area contributed by atoms with Crippen LogP contribution in [0.5, 0.6) is 0 Å². The minimum absolute atomic E-state index is 0.0898. The minimum atomic E-state index is 0.0898. The number of aromatic nitrogens is 2. The first-order chi connectivity index (χ1) is 11.6. The Hall–Kier alpha value is -1.75. The van der Waals surface area contributed by atoms with Gasteiger partial charge >= 0.3 is 0 Å². The molecule has 5 heteroatoms. The van der Waals surface area contributed by atoms with Gasteiger partial charge in [-0.05, 0) is 44.5 Å². The van der Waals surface area contributed by atoms with E-state index in [4.69, 9.17) is 4.99 Å². The van der Waals surface area contributed by atoms with Crippen LogP contribution in [0.1, 0.15) is 48.6 Å². The van der Waals surface area contributed by atoms with Crippen molar-refractivity contribution in [1.82, 2.24) is 14.5 Å². The first-order valence-electron chi connectivity index (χ1n) is 8.68. The molecule has 2 aromatic heterocycles. The lowest BCUT2D eigenvalue weighted by Gasteiger charge is -2.27.